The van der Waals surface area contributed by atoms with Crippen LogP contribution >= 0.6 is 0 Å². The molecule has 0 amide bonds. The molecule has 0 saturated carbocycles. The van der Waals surface area contributed by atoms with E-state index in [0.29, 0.717) is 5.92 Å². The largest absolute Gasteiger partial charge is 0.310 e. The molecule has 0 bridgehead atoms. The van der Waals surface area contributed by atoms with Crippen molar-refractivity contribution in [1.82, 2.24) is 25.5 Å². The molecule has 1 heterocycles. The molecule has 20 heavy (non-hydrogen) atoms. The highest BCUT2D eigenvalue weighted by Crippen LogP contribution is 2.08. The number of tetrazole rings is 1. The Bertz CT molecular complexity index is 533. The first kappa shape index (κ1) is 14.7. The molecule has 2 rings (SSSR count). The lowest BCUT2D eigenvalue weighted by Crippen LogP contribution is -2.22. The maximum Gasteiger partial charge on any atom is 0.165 e. The van der Waals surface area contributed by atoms with Gasteiger partial charge in [-0.15, -0.1) is 5.10 Å². The fourth-order valence-electron chi connectivity index (χ4n) is 2.11. The molecule has 108 valence electrons. The summed E-state index contributed by atoms with van der Waals surface area (Å²) in [4.78, 5) is 0. The summed E-state index contributed by atoms with van der Waals surface area (Å²) < 4.78 is 1.89. The predicted molar refractivity (Wildman–Crippen MR) is 79.2 cm³/mol. The summed E-state index contributed by atoms with van der Waals surface area (Å²) in [7, 11) is 0. The fraction of sp³-hybridized carbons (Fsp3) is 0.533. The maximum absolute atomic E-state index is 4.09. The molecule has 0 aliphatic rings. The van der Waals surface area contributed by atoms with Gasteiger partial charge in [-0.25, -0.2) is 4.68 Å². The van der Waals surface area contributed by atoms with Crippen LogP contribution in [0.15, 0.2) is 24.3 Å². The average molecular weight is 273 g/mol. The first-order chi connectivity index (χ1) is 9.66. The zero-order valence-corrected chi connectivity index (χ0v) is 12.5. The first-order valence-electron chi connectivity index (χ1n) is 7.17. The minimum absolute atomic E-state index is 0.631. The maximum atomic E-state index is 4.09. The molecule has 1 aromatic heterocycles. The Labute approximate surface area is 120 Å². The number of rotatable bonds is 7. The number of benzene rings is 1. The van der Waals surface area contributed by atoms with E-state index in [1.54, 1.807) is 0 Å². The first-order valence-corrected chi connectivity index (χ1v) is 7.17. The normalized spacial score (nSPS) is 11.2. The number of nitrogens with zero attached hydrogens (tertiary/aromatic N) is 4. The van der Waals surface area contributed by atoms with Gasteiger partial charge < -0.3 is 5.32 Å². The molecule has 0 spiro atoms. The van der Waals surface area contributed by atoms with Crippen molar-refractivity contribution in [3.05, 3.63) is 41.2 Å². The van der Waals surface area contributed by atoms with E-state index in [0.717, 1.165) is 31.9 Å². The Hall–Kier alpha value is -1.75. The van der Waals surface area contributed by atoms with Gasteiger partial charge in [0.1, 0.15) is 0 Å². The van der Waals surface area contributed by atoms with Crippen molar-refractivity contribution in [1.29, 1.82) is 0 Å². The molecule has 0 saturated heterocycles. The van der Waals surface area contributed by atoms with Crippen LogP contribution in [0.1, 0.15) is 30.8 Å². The Morgan fingerprint density at radius 3 is 2.80 bits per heavy atom. The third kappa shape index (κ3) is 4.13. The second-order valence-electron chi connectivity index (χ2n) is 5.52. The molecule has 5 heteroatoms. The van der Waals surface area contributed by atoms with Crippen molar-refractivity contribution < 1.29 is 0 Å². The van der Waals surface area contributed by atoms with E-state index in [1.807, 2.05) is 4.68 Å². The quantitative estimate of drug-likeness (QED) is 0.838. The highest BCUT2D eigenvalue weighted by molar-refractivity contribution is 5.25. The molecule has 2 aromatic rings. The van der Waals surface area contributed by atoms with Crippen LogP contribution in [0.25, 0.3) is 0 Å². The standard InChI is InChI=1S/C15H23N5/c1-12(2)10-16-11-15-17-18-19-20(15)9-8-14-7-5-4-6-13(14)3/h4-7,12,16H,8-11H2,1-3H3. The summed E-state index contributed by atoms with van der Waals surface area (Å²) in [6.07, 6.45) is 0.953. The second kappa shape index (κ2) is 7.14. The summed E-state index contributed by atoms with van der Waals surface area (Å²) in [6.45, 7) is 9.03. The van der Waals surface area contributed by atoms with E-state index in [4.69, 9.17) is 0 Å². The molecule has 5 nitrogen and oxygen atoms in total. The van der Waals surface area contributed by atoms with Crippen LogP contribution in [0.4, 0.5) is 0 Å². The van der Waals surface area contributed by atoms with E-state index in [9.17, 15) is 0 Å². The third-order valence-electron chi connectivity index (χ3n) is 3.30. The average Bonchev–Trinajstić information content (AvgIpc) is 2.85. The summed E-state index contributed by atoms with van der Waals surface area (Å²) >= 11 is 0. The van der Waals surface area contributed by atoms with E-state index in [1.165, 1.54) is 11.1 Å². The molecular weight excluding hydrogens is 250 g/mol. The van der Waals surface area contributed by atoms with Crippen molar-refractivity contribution >= 4 is 0 Å². The van der Waals surface area contributed by atoms with Gasteiger partial charge in [0, 0.05) is 6.54 Å². The Balaban J connectivity index is 1.90. The molecular formula is C15H23N5. The molecule has 0 fully saturated rings. The Morgan fingerprint density at radius 1 is 1.25 bits per heavy atom. The Kier molecular flexibility index (Phi) is 5.24. The van der Waals surface area contributed by atoms with Gasteiger partial charge >= 0.3 is 0 Å². The smallest absolute Gasteiger partial charge is 0.165 e. The highest BCUT2D eigenvalue weighted by atomic mass is 15.5. The van der Waals surface area contributed by atoms with Gasteiger partial charge in [-0.3, -0.25) is 0 Å². The monoisotopic (exact) mass is 273 g/mol. The van der Waals surface area contributed by atoms with Crippen LogP contribution in [-0.2, 0) is 19.5 Å². The number of hydrogen-bond acceptors (Lipinski definition) is 4. The zero-order chi connectivity index (χ0) is 14.4. The van der Waals surface area contributed by atoms with Crippen molar-refractivity contribution in [3.63, 3.8) is 0 Å². The van der Waals surface area contributed by atoms with Crippen LogP contribution in [0.5, 0.6) is 0 Å². The predicted octanol–water partition coefficient (Wildman–Crippen LogP) is 1.97. The molecule has 0 atom stereocenters. The molecule has 1 N–H and O–H groups in total. The van der Waals surface area contributed by atoms with Gasteiger partial charge in [-0.2, -0.15) is 0 Å². The van der Waals surface area contributed by atoms with Gasteiger partial charge in [0.25, 0.3) is 0 Å². The minimum Gasteiger partial charge on any atom is -0.310 e. The van der Waals surface area contributed by atoms with E-state index in [-0.39, 0.29) is 0 Å². The molecule has 0 radical (unpaired) electrons. The minimum atomic E-state index is 0.631. The van der Waals surface area contributed by atoms with Crippen LogP contribution in [0.3, 0.4) is 0 Å². The number of hydrogen-bond donors (Lipinski definition) is 1. The van der Waals surface area contributed by atoms with Gasteiger partial charge in [0.15, 0.2) is 5.82 Å². The summed E-state index contributed by atoms with van der Waals surface area (Å²) in [5, 5.41) is 15.3. The van der Waals surface area contributed by atoms with Crippen molar-refractivity contribution in [2.75, 3.05) is 6.54 Å². The van der Waals surface area contributed by atoms with Gasteiger partial charge in [-0.05, 0) is 47.4 Å². The third-order valence-corrected chi connectivity index (χ3v) is 3.30. The Morgan fingerprint density at radius 2 is 2.05 bits per heavy atom. The van der Waals surface area contributed by atoms with Gasteiger partial charge in [-0.1, -0.05) is 38.1 Å². The van der Waals surface area contributed by atoms with Crippen LogP contribution < -0.4 is 5.32 Å². The molecule has 0 aliphatic heterocycles. The summed E-state index contributed by atoms with van der Waals surface area (Å²) in [5.41, 5.74) is 2.67. The van der Waals surface area contributed by atoms with E-state index >= 15 is 0 Å². The molecule has 0 aliphatic carbocycles. The van der Waals surface area contributed by atoms with Gasteiger partial charge in [0.05, 0.1) is 6.54 Å². The lowest BCUT2D eigenvalue weighted by molar-refractivity contribution is 0.509. The van der Waals surface area contributed by atoms with Gasteiger partial charge in [0.2, 0.25) is 0 Å². The molecule has 0 unspecified atom stereocenters. The summed E-state index contributed by atoms with van der Waals surface area (Å²) in [6, 6.07) is 8.44. The number of aryl methyl sites for hydroxylation is 3. The van der Waals surface area contributed by atoms with Crippen molar-refractivity contribution in [3.8, 4) is 0 Å². The topological polar surface area (TPSA) is 55.6 Å². The second-order valence-corrected chi connectivity index (χ2v) is 5.52. The fourth-order valence-corrected chi connectivity index (χ4v) is 2.11. The van der Waals surface area contributed by atoms with Crippen molar-refractivity contribution in [2.24, 2.45) is 5.92 Å². The summed E-state index contributed by atoms with van der Waals surface area (Å²) in [5.74, 6) is 1.53. The lowest BCUT2D eigenvalue weighted by atomic mass is 10.1. The SMILES string of the molecule is Cc1ccccc1CCn1nnnc1CNCC(C)C. The highest BCUT2D eigenvalue weighted by Gasteiger charge is 2.06. The van der Waals surface area contributed by atoms with E-state index < -0.39 is 0 Å². The van der Waals surface area contributed by atoms with Crippen molar-refractivity contribution in [2.45, 2.75) is 40.3 Å². The van der Waals surface area contributed by atoms with E-state index in [2.05, 4.69) is 65.9 Å². The zero-order valence-electron chi connectivity index (χ0n) is 12.5. The molecule has 1 aromatic carbocycles. The van der Waals surface area contributed by atoms with Crippen LogP contribution in [-0.4, -0.2) is 26.8 Å². The number of aromatic nitrogens is 4. The van der Waals surface area contributed by atoms with Crippen LogP contribution in [0, 0.1) is 12.8 Å². The number of nitrogens with one attached hydrogen (secondary N) is 1. The van der Waals surface area contributed by atoms with Crippen LogP contribution in [0.2, 0.25) is 0 Å². The lowest BCUT2D eigenvalue weighted by Gasteiger charge is -2.09.